The van der Waals surface area contributed by atoms with Gasteiger partial charge in [-0.2, -0.15) is 0 Å². The largest absolute Gasteiger partial charge is 0.495 e. The molecule has 2 rings (SSSR count). The molecule has 0 atom stereocenters. The van der Waals surface area contributed by atoms with Crippen LogP contribution >= 0.6 is 0 Å². The molecule has 0 aliphatic carbocycles. The van der Waals surface area contributed by atoms with Crippen molar-refractivity contribution < 1.29 is 28.8 Å². The molecule has 186 valence electrons. The van der Waals surface area contributed by atoms with Gasteiger partial charge in [-0.05, 0) is 54.1 Å². The number of ether oxygens (including phenoxy) is 4. The van der Waals surface area contributed by atoms with Crippen LogP contribution < -0.4 is 9.47 Å². The molecule has 6 heteroatoms. The summed E-state index contributed by atoms with van der Waals surface area (Å²) in [5, 5.41) is 8.71. The Balaban J connectivity index is 1.74. The summed E-state index contributed by atoms with van der Waals surface area (Å²) in [6, 6.07) is 14.4. The van der Waals surface area contributed by atoms with Gasteiger partial charge in [0.2, 0.25) is 0 Å². The molecule has 0 heterocycles. The van der Waals surface area contributed by atoms with E-state index in [0.29, 0.717) is 49.2 Å². The van der Waals surface area contributed by atoms with Gasteiger partial charge in [-0.25, -0.2) is 0 Å². The minimum Gasteiger partial charge on any atom is -0.495 e. The van der Waals surface area contributed by atoms with Crippen molar-refractivity contribution in [2.75, 3.05) is 33.0 Å². The molecule has 0 aromatic heterocycles. The van der Waals surface area contributed by atoms with Gasteiger partial charge in [-0.15, -0.1) is 0 Å². The van der Waals surface area contributed by atoms with E-state index >= 15 is 0 Å². The number of allylic oxidation sites excluding steroid dienone is 3. The number of rotatable bonds is 16. The van der Waals surface area contributed by atoms with Gasteiger partial charge in [0.05, 0.1) is 12.4 Å². The quantitative estimate of drug-likeness (QED) is 0.111. The van der Waals surface area contributed by atoms with E-state index in [1.807, 2.05) is 38.1 Å². The highest BCUT2D eigenvalue weighted by atomic mass is 16.5. The van der Waals surface area contributed by atoms with Gasteiger partial charge in [0, 0.05) is 11.5 Å². The summed E-state index contributed by atoms with van der Waals surface area (Å²) >= 11 is 0. The fourth-order valence-corrected chi connectivity index (χ4v) is 2.72. The zero-order valence-corrected chi connectivity index (χ0v) is 20.4. The molecular weight excluding hydrogens is 444 g/mol. The Labute approximate surface area is 207 Å². The Kier molecular flexibility index (Phi) is 11.9. The fraction of sp³-hybridized carbons (Fsp3) is 0.276. The summed E-state index contributed by atoms with van der Waals surface area (Å²) in [5.74, 6) is 2.76. The van der Waals surface area contributed by atoms with E-state index in [1.54, 1.807) is 42.5 Å². The number of hydrogen-bond acceptors (Lipinski definition) is 6. The highest BCUT2D eigenvalue weighted by Gasteiger charge is 2.04. The maximum Gasteiger partial charge on any atom is 0.185 e. The van der Waals surface area contributed by atoms with E-state index in [0.717, 1.165) is 11.3 Å². The minimum absolute atomic E-state index is 0.0568. The van der Waals surface area contributed by atoms with E-state index in [-0.39, 0.29) is 18.3 Å². The molecule has 0 aliphatic heterocycles. The number of aliphatic hydroxyl groups is 1. The predicted octanol–water partition coefficient (Wildman–Crippen LogP) is 5.61. The molecule has 2 aromatic carbocycles. The SMILES string of the molecule is C=C(/C=C/CO)OCCOc1ccc(/C=C/C(=O)c2ccc(OCCOC(=C)C(C)C)cc2)cc1. The number of benzene rings is 2. The summed E-state index contributed by atoms with van der Waals surface area (Å²) in [6.45, 7) is 13.1. The van der Waals surface area contributed by atoms with Crippen molar-refractivity contribution in [1.29, 1.82) is 0 Å². The molecule has 6 nitrogen and oxygen atoms in total. The first-order chi connectivity index (χ1) is 16.9. The summed E-state index contributed by atoms with van der Waals surface area (Å²) in [6.07, 6.45) is 6.45. The van der Waals surface area contributed by atoms with Crippen LogP contribution in [0.3, 0.4) is 0 Å². The van der Waals surface area contributed by atoms with E-state index in [9.17, 15) is 4.79 Å². The monoisotopic (exact) mass is 478 g/mol. The highest BCUT2D eigenvalue weighted by molar-refractivity contribution is 6.06. The number of carbonyl (C=O) groups is 1. The zero-order chi connectivity index (χ0) is 25.5. The summed E-state index contributed by atoms with van der Waals surface area (Å²) in [5.41, 5.74) is 1.46. The second-order valence-corrected chi connectivity index (χ2v) is 7.86. The zero-order valence-electron chi connectivity index (χ0n) is 20.4. The molecule has 2 aromatic rings. The third-order valence-corrected chi connectivity index (χ3v) is 4.78. The van der Waals surface area contributed by atoms with Crippen molar-refractivity contribution in [3.05, 3.63) is 103 Å². The van der Waals surface area contributed by atoms with Crippen molar-refractivity contribution in [1.82, 2.24) is 0 Å². The Hall–Kier alpha value is -3.77. The number of hydrogen-bond donors (Lipinski definition) is 1. The van der Waals surface area contributed by atoms with Gasteiger partial charge in [-0.3, -0.25) is 4.79 Å². The van der Waals surface area contributed by atoms with Crippen LogP contribution in [-0.4, -0.2) is 43.9 Å². The molecule has 0 bridgehead atoms. The molecule has 0 amide bonds. The second-order valence-electron chi connectivity index (χ2n) is 7.86. The van der Waals surface area contributed by atoms with Crippen LogP contribution in [0.4, 0.5) is 0 Å². The van der Waals surface area contributed by atoms with Crippen molar-refractivity contribution >= 4 is 11.9 Å². The molecular formula is C29H34O6. The van der Waals surface area contributed by atoms with Crippen LogP contribution in [0.15, 0.2) is 91.4 Å². The van der Waals surface area contributed by atoms with Crippen molar-refractivity contribution in [3.8, 4) is 11.5 Å². The number of aliphatic hydroxyl groups excluding tert-OH is 1. The lowest BCUT2D eigenvalue weighted by Gasteiger charge is -2.12. The van der Waals surface area contributed by atoms with E-state index < -0.39 is 0 Å². The molecule has 35 heavy (non-hydrogen) atoms. The van der Waals surface area contributed by atoms with Crippen LogP contribution in [0.5, 0.6) is 11.5 Å². The molecule has 0 fully saturated rings. The predicted molar refractivity (Wildman–Crippen MR) is 138 cm³/mol. The summed E-state index contributed by atoms with van der Waals surface area (Å²) in [4.78, 5) is 12.5. The topological polar surface area (TPSA) is 74.2 Å². The lowest BCUT2D eigenvalue weighted by molar-refractivity contribution is 0.104. The van der Waals surface area contributed by atoms with E-state index in [2.05, 4.69) is 13.2 Å². The number of ketones is 1. The highest BCUT2D eigenvalue weighted by Crippen LogP contribution is 2.16. The second kappa shape index (κ2) is 15.2. The maximum absolute atomic E-state index is 12.5. The van der Waals surface area contributed by atoms with Gasteiger partial charge >= 0.3 is 0 Å². The van der Waals surface area contributed by atoms with Gasteiger partial charge in [0.1, 0.15) is 43.7 Å². The van der Waals surface area contributed by atoms with Gasteiger partial charge < -0.3 is 24.1 Å². The average Bonchev–Trinajstić information content (AvgIpc) is 2.87. The Morgan fingerprint density at radius 2 is 1.43 bits per heavy atom. The van der Waals surface area contributed by atoms with Gasteiger partial charge in [-0.1, -0.05) is 51.3 Å². The Bertz CT molecular complexity index is 1000. The van der Waals surface area contributed by atoms with Crippen LogP contribution in [-0.2, 0) is 9.47 Å². The molecule has 0 radical (unpaired) electrons. The summed E-state index contributed by atoms with van der Waals surface area (Å²) in [7, 11) is 0. The van der Waals surface area contributed by atoms with E-state index in [1.165, 1.54) is 6.08 Å². The third kappa shape index (κ3) is 10.8. The molecule has 0 unspecified atom stereocenters. The van der Waals surface area contributed by atoms with Crippen molar-refractivity contribution in [2.45, 2.75) is 13.8 Å². The van der Waals surface area contributed by atoms with Crippen molar-refractivity contribution in [3.63, 3.8) is 0 Å². The first-order valence-corrected chi connectivity index (χ1v) is 11.5. The normalized spacial score (nSPS) is 11.1. The summed E-state index contributed by atoms with van der Waals surface area (Å²) < 4.78 is 22.1. The van der Waals surface area contributed by atoms with Gasteiger partial charge in [0.15, 0.2) is 5.78 Å². The lowest BCUT2D eigenvalue weighted by atomic mass is 10.1. The van der Waals surface area contributed by atoms with Crippen LogP contribution in [0.1, 0.15) is 29.8 Å². The lowest BCUT2D eigenvalue weighted by Crippen LogP contribution is -2.08. The van der Waals surface area contributed by atoms with E-state index in [4.69, 9.17) is 24.1 Å². The maximum atomic E-state index is 12.5. The first kappa shape index (κ1) is 27.5. The van der Waals surface area contributed by atoms with Gasteiger partial charge in [0.25, 0.3) is 0 Å². The molecule has 0 spiro atoms. The number of carbonyl (C=O) groups excluding carboxylic acids is 1. The molecule has 1 N–H and O–H groups in total. The average molecular weight is 479 g/mol. The molecule has 0 saturated heterocycles. The standard InChI is InChI=1S/C29H34O6/c1-22(2)24(4)33-19-21-35-28-14-10-26(11-15-28)29(31)16-9-25-7-12-27(13-8-25)34-20-18-32-23(3)6-5-17-30/h5-16,22,30H,3-4,17-21H2,1-2H3/b6-5+,16-9+. The fourth-order valence-electron chi connectivity index (χ4n) is 2.72. The van der Waals surface area contributed by atoms with Crippen LogP contribution in [0, 0.1) is 5.92 Å². The van der Waals surface area contributed by atoms with Crippen LogP contribution in [0.25, 0.3) is 6.08 Å². The van der Waals surface area contributed by atoms with Crippen molar-refractivity contribution in [2.24, 2.45) is 5.92 Å². The first-order valence-electron chi connectivity index (χ1n) is 11.5. The molecule has 0 saturated carbocycles. The Morgan fingerprint density at radius 1 is 0.857 bits per heavy atom. The Morgan fingerprint density at radius 3 is 2.00 bits per heavy atom. The van der Waals surface area contributed by atoms with Crippen LogP contribution in [0.2, 0.25) is 0 Å². The molecule has 0 aliphatic rings. The third-order valence-electron chi connectivity index (χ3n) is 4.78. The smallest absolute Gasteiger partial charge is 0.185 e. The minimum atomic E-state index is -0.0962.